The Bertz CT molecular complexity index is 699. The molecule has 6 heteroatoms. The van der Waals surface area contributed by atoms with Crippen molar-refractivity contribution in [2.24, 2.45) is 0 Å². The van der Waals surface area contributed by atoms with E-state index in [1.54, 1.807) is 35.4 Å². The average Bonchev–Trinajstić information content (AvgIpc) is 2.50. The van der Waals surface area contributed by atoms with Crippen LogP contribution in [-0.2, 0) is 4.79 Å². The predicted molar refractivity (Wildman–Crippen MR) is 90.6 cm³/mol. The molecule has 1 heterocycles. The highest BCUT2D eigenvalue weighted by atomic mass is 16.2. The number of aromatic nitrogens is 1. The molecule has 0 radical (unpaired) electrons. The van der Waals surface area contributed by atoms with Crippen molar-refractivity contribution >= 4 is 23.2 Å². The summed E-state index contributed by atoms with van der Waals surface area (Å²) in [6, 6.07) is 8.79. The fourth-order valence-corrected chi connectivity index (χ4v) is 2.01. The quantitative estimate of drug-likeness (QED) is 0.887. The zero-order chi connectivity index (χ0) is 16.8. The van der Waals surface area contributed by atoms with Crippen LogP contribution in [0.3, 0.4) is 0 Å². The van der Waals surface area contributed by atoms with E-state index in [0.29, 0.717) is 23.5 Å². The second kappa shape index (κ2) is 7.51. The molecule has 120 valence electrons. The van der Waals surface area contributed by atoms with Crippen LogP contribution in [0.5, 0.6) is 0 Å². The van der Waals surface area contributed by atoms with E-state index in [-0.39, 0.29) is 11.8 Å². The largest absolute Gasteiger partial charge is 0.325 e. The van der Waals surface area contributed by atoms with Gasteiger partial charge in [0.1, 0.15) is 0 Å². The van der Waals surface area contributed by atoms with Crippen LogP contribution in [0.15, 0.2) is 42.7 Å². The molecule has 2 amide bonds. The van der Waals surface area contributed by atoms with E-state index < -0.39 is 0 Å². The maximum absolute atomic E-state index is 12.1. The smallest absolute Gasteiger partial charge is 0.257 e. The Morgan fingerprint density at radius 1 is 1.17 bits per heavy atom. The van der Waals surface area contributed by atoms with Crippen LogP contribution in [0.2, 0.25) is 0 Å². The number of aryl methyl sites for hydroxylation is 1. The lowest BCUT2D eigenvalue weighted by atomic mass is 10.1. The molecule has 0 atom stereocenters. The summed E-state index contributed by atoms with van der Waals surface area (Å²) in [5.41, 5.74) is 2.70. The summed E-state index contributed by atoms with van der Waals surface area (Å²) in [6.45, 7) is 2.20. The molecule has 0 aliphatic carbocycles. The maximum Gasteiger partial charge on any atom is 0.257 e. The number of nitrogens with one attached hydrogen (secondary N) is 2. The molecule has 0 bridgehead atoms. The second-order valence-electron chi connectivity index (χ2n) is 5.51. The lowest BCUT2D eigenvalue weighted by Gasteiger charge is -2.13. The Morgan fingerprint density at radius 2 is 1.96 bits per heavy atom. The SMILES string of the molecule is Cc1ccc(NC(=O)c2cccnc2)cc1NC(=O)CN(C)C. The Labute approximate surface area is 135 Å². The lowest BCUT2D eigenvalue weighted by Crippen LogP contribution is -2.27. The monoisotopic (exact) mass is 312 g/mol. The van der Waals surface area contributed by atoms with E-state index >= 15 is 0 Å². The molecule has 0 fully saturated rings. The van der Waals surface area contributed by atoms with Crippen molar-refractivity contribution in [1.82, 2.24) is 9.88 Å². The van der Waals surface area contributed by atoms with Crippen molar-refractivity contribution in [1.29, 1.82) is 0 Å². The Morgan fingerprint density at radius 3 is 2.61 bits per heavy atom. The summed E-state index contributed by atoms with van der Waals surface area (Å²) in [7, 11) is 3.66. The number of hydrogen-bond acceptors (Lipinski definition) is 4. The van der Waals surface area contributed by atoms with Gasteiger partial charge in [0.25, 0.3) is 5.91 Å². The van der Waals surface area contributed by atoms with Crippen LogP contribution in [0.1, 0.15) is 15.9 Å². The first-order valence-corrected chi connectivity index (χ1v) is 7.22. The van der Waals surface area contributed by atoms with Crippen molar-refractivity contribution < 1.29 is 9.59 Å². The third-order valence-electron chi connectivity index (χ3n) is 3.15. The number of anilines is 2. The number of benzene rings is 1. The van der Waals surface area contributed by atoms with Gasteiger partial charge in [-0.2, -0.15) is 0 Å². The predicted octanol–water partition coefficient (Wildman–Crippen LogP) is 2.14. The van der Waals surface area contributed by atoms with Crippen molar-refractivity contribution in [3.63, 3.8) is 0 Å². The standard InChI is InChI=1S/C17H20N4O2/c1-12-6-7-14(9-15(12)20-16(22)11-21(2)3)19-17(23)13-5-4-8-18-10-13/h4-10H,11H2,1-3H3,(H,19,23)(H,20,22). The molecule has 0 aliphatic rings. The molecule has 6 nitrogen and oxygen atoms in total. The van der Waals surface area contributed by atoms with Crippen molar-refractivity contribution in [3.8, 4) is 0 Å². The summed E-state index contributed by atoms with van der Waals surface area (Å²) in [4.78, 5) is 29.7. The van der Waals surface area contributed by atoms with E-state index in [9.17, 15) is 9.59 Å². The van der Waals surface area contributed by atoms with Crippen LogP contribution >= 0.6 is 0 Å². The summed E-state index contributed by atoms with van der Waals surface area (Å²) in [5.74, 6) is -0.346. The van der Waals surface area contributed by atoms with Crippen molar-refractivity contribution in [3.05, 3.63) is 53.9 Å². The minimum absolute atomic E-state index is 0.103. The van der Waals surface area contributed by atoms with Gasteiger partial charge in [0.05, 0.1) is 12.1 Å². The molecule has 2 N–H and O–H groups in total. The highest BCUT2D eigenvalue weighted by Crippen LogP contribution is 2.20. The molecule has 0 saturated heterocycles. The first-order chi connectivity index (χ1) is 11.0. The number of hydrogen-bond donors (Lipinski definition) is 2. The first-order valence-electron chi connectivity index (χ1n) is 7.22. The number of carbonyl (C=O) groups excluding carboxylic acids is 2. The third kappa shape index (κ3) is 4.89. The zero-order valence-corrected chi connectivity index (χ0v) is 13.5. The maximum atomic E-state index is 12.1. The summed E-state index contributed by atoms with van der Waals surface area (Å²) in [5, 5.41) is 5.65. The number of pyridine rings is 1. The van der Waals surface area contributed by atoms with Gasteiger partial charge in [-0.3, -0.25) is 14.6 Å². The van der Waals surface area contributed by atoms with E-state index in [0.717, 1.165) is 5.56 Å². The van der Waals surface area contributed by atoms with E-state index in [4.69, 9.17) is 0 Å². The van der Waals surface area contributed by atoms with Gasteiger partial charge in [-0.25, -0.2) is 0 Å². The van der Waals surface area contributed by atoms with Gasteiger partial charge < -0.3 is 15.5 Å². The fraction of sp³-hybridized carbons (Fsp3) is 0.235. The van der Waals surface area contributed by atoms with E-state index in [1.165, 1.54) is 6.20 Å². The minimum Gasteiger partial charge on any atom is -0.325 e. The van der Waals surface area contributed by atoms with Crippen LogP contribution in [0.25, 0.3) is 0 Å². The molecular formula is C17H20N4O2. The molecule has 0 saturated carbocycles. The third-order valence-corrected chi connectivity index (χ3v) is 3.15. The number of rotatable bonds is 5. The molecule has 0 unspecified atom stereocenters. The Kier molecular flexibility index (Phi) is 5.43. The molecule has 1 aromatic heterocycles. The topological polar surface area (TPSA) is 74.3 Å². The summed E-state index contributed by atoms with van der Waals surface area (Å²) in [6.07, 6.45) is 3.12. The molecular weight excluding hydrogens is 292 g/mol. The van der Waals surface area contributed by atoms with Crippen LogP contribution in [0, 0.1) is 6.92 Å². The number of amides is 2. The van der Waals surface area contributed by atoms with Crippen LogP contribution in [-0.4, -0.2) is 42.3 Å². The fourth-order valence-electron chi connectivity index (χ4n) is 2.01. The molecule has 23 heavy (non-hydrogen) atoms. The molecule has 0 spiro atoms. The number of likely N-dealkylation sites (N-methyl/N-ethyl adjacent to an activating group) is 1. The molecule has 1 aromatic carbocycles. The zero-order valence-electron chi connectivity index (χ0n) is 13.5. The number of carbonyl (C=O) groups is 2. The van der Waals surface area contributed by atoms with Gasteiger partial charge in [-0.15, -0.1) is 0 Å². The van der Waals surface area contributed by atoms with Crippen molar-refractivity contribution in [2.45, 2.75) is 6.92 Å². The minimum atomic E-state index is -0.243. The second-order valence-corrected chi connectivity index (χ2v) is 5.51. The molecule has 0 aliphatic heterocycles. The molecule has 2 aromatic rings. The van der Waals surface area contributed by atoms with Gasteiger partial charge >= 0.3 is 0 Å². The van der Waals surface area contributed by atoms with Gasteiger partial charge in [-0.1, -0.05) is 6.07 Å². The normalized spacial score (nSPS) is 10.4. The first kappa shape index (κ1) is 16.6. The summed E-state index contributed by atoms with van der Waals surface area (Å²) < 4.78 is 0. The number of nitrogens with zero attached hydrogens (tertiary/aromatic N) is 2. The highest BCUT2D eigenvalue weighted by Gasteiger charge is 2.09. The summed E-state index contributed by atoms with van der Waals surface area (Å²) >= 11 is 0. The average molecular weight is 312 g/mol. The molecule has 2 rings (SSSR count). The van der Waals surface area contributed by atoms with Gasteiger partial charge in [0, 0.05) is 23.8 Å². The van der Waals surface area contributed by atoms with Crippen LogP contribution in [0.4, 0.5) is 11.4 Å². The van der Waals surface area contributed by atoms with E-state index in [1.807, 2.05) is 27.1 Å². The lowest BCUT2D eigenvalue weighted by molar-refractivity contribution is -0.116. The van der Waals surface area contributed by atoms with Crippen molar-refractivity contribution in [2.75, 3.05) is 31.3 Å². The van der Waals surface area contributed by atoms with E-state index in [2.05, 4.69) is 15.6 Å². The Balaban J connectivity index is 2.11. The highest BCUT2D eigenvalue weighted by molar-refractivity contribution is 6.04. The van der Waals surface area contributed by atoms with Gasteiger partial charge in [0.2, 0.25) is 5.91 Å². The van der Waals surface area contributed by atoms with Crippen LogP contribution < -0.4 is 10.6 Å². The Hall–Kier alpha value is -2.73. The van der Waals surface area contributed by atoms with Gasteiger partial charge in [0.15, 0.2) is 0 Å². The van der Waals surface area contributed by atoms with Gasteiger partial charge in [-0.05, 0) is 50.8 Å².